The van der Waals surface area contributed by atoms with E-state index in [1.807, 2.05) is 27.7 Å². The van der Waals surface area contributed by atoms with Crippen molar-refractivity contribution in [3.05, 3.63) is 35.4 Å². The van der Waals surface area contributed by atoms with Crippen LogP contribution in [0.1, 0.15) is 57.6 Å². The first-order valence-electron chi connectivity index (χ1n) is 7.00. The third kappa shape index (κ3) is 5.88. The van der Waals surface area contributed by atoms with E-state index in [0.29, 0.717) is 0 Å². The lowest BCUT2D eigenvalue weighted by atomic mass is 9.91. The molecule has 1 heterocycles. The molecule has 0 bridgehead atoms. The summed E-state index contributed by atoms with van der Waals surface area (Å²) in [5.41, 5.74) is 2.82. The van der Waals surface area contributed by atoms with Crippen molar-refractivity contribution >= 4 is 0 Å². The Morgan fingerprint density at radius 3 is 1.82 bits per heavy atom. The molecule has 0 aromatic heterocycles. The van der Waals surface area contributed by atoms with Crippen LogP contribution in [0.5, 0.6) is 0 Å². The van der Waals surface area contributed by atoms with Gasteiger partial charge in [0.2, 0.25) is 0 Å². The SMILES string of the molecule is CC.CC.Cc1ccc(C2CCOCC2)cc1. The molecule has 0 radical (unpaired) electrons. The molecule has 98 valence electrons. The van der Waals surface area contributed by atoms with Gasteiger partial charge < -0.3 is 4.74 Å². The Hall–Kier alpha value is -0.820. The third-order valence-corrected chi connectivity index (χ3v) is 2.77. The van der Waals surface area contributed by atoms with Crippen LogP contribution in [-0.2, 0) is 4.74 Å². The highest BCUT2D eigenvalue weighted by Gasteiger charge is 2.14. The van der Waals surface area contributed by atoms with Crippen molar-refractivity contribution in [2.75, 3.05) is 13.2 Å². The van der Waals surface area contributed by atoms with Gasteiger partial charge in [-0.05, 0) is 31.2 Å². The van der Waals surface area contributed by atoms with Crippen molar-refractivity contribution in [2.24, 2.45) is 0 Å². The highest BCUT2D eigenvalue weighted by Crippen LogP contribution is 2.26. The Bertz CT molecular complexity index is 257. The summed E-state index contributed by atoms with van der Waals surface area (Å²) in [5.74, 6) is 0.731. The minimum absolute atomic E-state index is 0.731. The molecular weight excluding hydrogens is 208 g/mol. The number of rotatable bonds is 1. The molecule has 2 rings (SSSR count). The first kappa shape index (κ1) is 16.2. The lowest BCUT2D eigenvalue weighted by Gasteiger charge is -2.22. The zero-order chi connectivity index (χ0) is 13.1. The van der Waals surface area contributed by atoms with Gasteiger partial charge in [0.15, 0.2) is 0 Å². The molecule has 0 amide bonds. The van der Waals surface area contributed by atoms with E-state index < -0.39 is 0 Å². The van der Waals surface area contributed by atoms with Gasteiger partial charge in [0, 0.05) is 13.2 Å². The highest BCUT2D eigenvalue weighted by atomic mass is 16.5. The average Bonchev–Trinajstić information content (AvgIpc) is 2.45. The zero-order valence-corrected chi connectivity index (χ0v) is 12.1. The van der Waals surface area contributed by atoms with Crippen LogP contribution >= 0.6 is 0 Å². The maximum atomic E-state index is 5.34. The lowest BCUT2D eigenvalue weighted by Crippen LogP contribution is -2.13. The van der Waals surface area contributed by atoms with Crippen LogP contribution in [0.15, 0.2) is 24.3 Å². The summed E-state index contributed by atoms with van der Waals surface area (Å²) in [7, 11) is 0. The molecule has 0 saturated carbocycles. The normalized spacial score (nSPS) is 15.1. The predicted molar refractivity (Wildman–Crippen MR) is 76.7 cm³/mol. The Balaban J connectivity index is 0.000000581. The summed E-state index contributed by atoms with van der Waals surface area (Å²) in [6.07, 6.45) is 2.37. The van der Waals surface area contributed by atoms with Crippen molar-refractivity contribution < 1.29 is 4.74 Å². The van der Waals surface area contributed by atoms with Crippen molar-refractivity contribution in [3.63, 3.8) is 0 Å². The molecule has 1 fully saturated rings. The standard InChI is InChI=1S/C12H16O.2C2H6/c1-10-2-4-11(5-3-10)12-6-8-13-9-7-12;2*1-2/h2-5,12H,6-9H2,1H3;2*1-2H3. The first-order valence-corrected chi connectivity index (χ1v) is 7.00. The maximum absolute atomic E-state index is 5.34. The van der Waals surface area contributed by atoms with Crippen molar-refractivity contribution in [1.29, 1.82) is 0 Å². The van der Waals surface area contributed by atoms with Gasteiger partial charge in [0.05, 0.1) is 0 Å². The molecule has 0 unspecified atom stereocenters. The molecule has 1 aromatic carbocycles. The molecule has 1 aromatic rings. The van der Waals surface area contributed by atoms with Gasteiger partial charge in [-0.3, -0.25) is 0 Å². The van der Waals surface area contributed by atoms with E-state index in [9.17, 15) is 0 Å². The summed E-state index contributed by atoms with van der Waals surface area (Å²) < 4.78 is 5.34. The van der Waals surface area contributed by atoms with Crippen molar-refractivity contribution in [1.82, 2.24) is 0 Å². The molecule has 0 aliphatic carbocycles. The average molecular weight is 236 g/mol. The molecule has 0 spiro atoms. The lowest BCUT2D eigenvalue weighted by molar-refractivity contribution is 0.0853. The maximum Gasteiger partial charge on any atom is 0.0471 e. The molecule has 1 heteroatoms. The van der Waals surface area contributed by atoms with Crippen LogP contribution in [0, 0.1) is 6.92 Å². The van der Waals surface area contributed by atoms with E-state index in [2.05, 4.69) is 31.2 Å². The molecule has 1 aliphatic rings. The number of ether oxygens (including phenoxy) is 1. The number of hydrogen-bond acceptors (Lipinski definition) is 1. The second-order valence-electron chi connectivity index (χ2n) is 3.80. The summed E-state index contributed by atoms with van der Waals surface area (Å²) in [5, 5.41) is 0. The third-order valence-electron chi connectivity index (χ3n) is 2.77. The van der Waals surface area contributed by atoms with Gasteiger partial charge in [-0.25, -0.2) is 0 Å². The molecule has 0 atom stereocenters. The van der Waals surface area contributed by atoms with E-state index >= 15 is 0 Å². The smallest absolute Gasteiger partial charge is 0.0471 e. The van der Waals surface area contributed by atoms with Crippen molar-refractivity contribution in [2.45, 2.75) is 53.4 Å². The second kappa shape index (κ2) is 10.3. The molecule has 1 saturated heterocycles. The summed E-state index contributed by atoms with van der Waals surface area (Å²) >= 11 is 0. The summed E-state index contributed by atoms with van der Waals surface area (Å²) in [6, 6.07) is 8.91. The fourth-order valence-electron chi connectivity index (χ4n) is 1.87. The first-order chi connectivity index (χ1) is 8.36. The van der Waals surface area contributed by atoms with Crippen LogP contribution in [-0.4, -0.2) is 13.2 Å². The van der Waals surface area contributed by atoms with Crippen LogP contribution in [0.2, 0.25) is 0 Å². The van der Waals surface area contributed by atoms with E-state index in [1.165, 1.54) is 24.0 Å². The minimum atomic E-state index is 0.731. The Labute approximate surface area is 107 Å². The van der Waals surface area contributed by atoms with Crippen LogP contribution in [0.4, 0.5) is 0 Å². The number of benzene rings is 1. The predicted octanol–water partition coefficient (Wildman–Crippen LogP) is 4.94. The van der Waals surface area contributed by atoms with E-state index in [-0.39, 0.29) is 0 Å². The monoisotopic (exact) mass is 236 g/mol. The topological polar surface area (TPSA) is 9.23 Å². The molecule has 1 aliphatic heterocycles. The van der Waals surface area contributed by atoms with Gasteiger partial charge in [0.1, 0.15) is 0 Å². The van der Waals surface area contributed by atoms with Crippen LogP contribution < -0.4 is 0 Å². The Morgan fingerprint density at radius 2 is 1.35 bits per heavy atom. The Morgan fingerprint density at radius 1 is 0.882 bits per heavy atom. The number of hydrogen-bond donors (Lipinski definition) is 0. The second-order valence-corrected chi connectivity index (χ2v) is 3.80. The molecule has 0 N–H and O–H groups in total. The van der Waals surface area contributed by atoms with E-state index in [1.54, 1.807) is 0 Å². The zero-order valence-electron chi connectivity index (χ0n) is 12.1. The number of aryl methyl sites for hydroxylation is 1. The largest absolute Gasteiger partial charge is 0.381 e. The van der Waals surface area contributed by atoms with E-state index in [4.69, 9.17) is 4.74 Å². The fourth-order valence-corrected chi connectivity index (χ4v) is 1.87. The molecular formula is C16H28O. The quantitative estimate of drug-likeness (QED) is 0.671. The van der Waals surface area contributed by atoms with Gasteiger partial charge in [0.25, 0.3) is 0 Å². The Kier molecular flexibility index (Phi) is 9.84. The van der Waals surface area contributed by atoms with E-state index in [0.717, 1.165) is 19.1 Å². The molecule has 17 heavy (non-hydrogen) atoms. The summed E-state index contributed by atoms with van der Waals surface area (Å²) in [4.78, 5) is 0. The minimum Gasteiger partial charge on any atom is -0.381 e. The van der Waals surface area contributed by atoms with Crippen LogP contribution in [0.25, 0.3) is 0 Å². The van der Waals surface area contributed by atoms with Gasteiger partial charge in [-0.15, -0.1) is 0 Å². The fraction of sp³-hybridized carbons (Fsp3) is 0.625. The van der Waals surface area contributed by atoms with Gasteiger partial charge >= 0.3 is 0 Å². The van der Waals surface area contributed by atoms with Crippen LogP contribution in [0.3, 0.4) is 0 Å². The summed E-state index contributed by atoms with van der Waals surface area (Å²) in [6.45, 7) is 12.0. The molecule has 1 nitrogen and oxygen atoms in total. The van der Waals surface area contributed by atoms with Crippen molar-refractivity contribution in [3.8, 4) is 0 Å². The van der Waals surface area contributed by atoms with Gasteiger partial charge in [-0.2, -0.15) is 0 Å². The van der Waals surface area contributed by atoms with Gasteiger partial charge in [-0.1, -0.05) is 57.5 Å². The highest BCUT2D eigenvalue weighted by molar-refractivity contribution is 5.24.